The Balaban J connectivity index is 2.07. The molecule has 4 heteroatoms. The smallest absolute Gasteiger partial charge is 0.101 e. The number of hydrogen-bond donors (Lipinski definition) is 2. The number of nitrogens with zero attached hydrogens (tertiary/aromatic N) is 1. The Bertz CT molecular complexity index is 594. The van der Waals surface area contributed by atoms with E-state index < -0.39 is 0 Å². The predicted molar refractivity (Wildman–Crippen MR) is 81.4 cm³/mol. The number of nitrogen functional groups attached to an aromatic ring is 1. The molecule has 0 bridgehead atoms. The summed E-state index contributed by atoms with van der Waals surface area (Å²) in [6.45, 7) is 5.23. The minimum absolute atomic E-state index is 0.0663. The van der Waals surface area contributed by atoms with Crippen molar-refractivity contribution in [3.05, 3.63) is 46.2 Å². The largest absolute Gasteiger partial charge is 0.398 e. The van der Waals surface area contributed by atoms with E-state index in [-0.39, 0.29) is 5.41 Å². The molecule has 19 heavy (non-hydrogen) atoms. The van der Waals surface area contributed by atoms with Crippen molar-refractivity contribution in [1.82, 2.24) is 0 Å². The Morgan fingerprint density at radius 1 is 1.37 bits per heavy atom. The molecule has 2 aromatic rings. The Labute approximate surface area is 117 Å². The van der Waals surface area contributed by atoms with Crippen LogP contribution in [0.2, 0.25) is 0 Å². The zero-order valence-corrected chi connectivity index (χ0v) is 11.9. The Hall–Kier alpha value is -1.99. The van der Waals surface area contributed by atoms with E-state index in [9.17, 15) is 0 Å². The highest BCUT2D eigenvalue weighted by Gasteiger charge is 2.21. The topological polar surface area (TPSA) is 61.8 Å². The van der Waals surface area contributed by atoms with Crippen molar-refractivity contribution < 1.29 is 0 Å². The lowest BCUT2D eigenvalue weighted by Gasteiger charge is -2.24. The molecular formula is C15H17N3S. The maximum absolute atomic E-state index is 8.84. The number of nitriles is 1. The molecule has 0 radical (unpaired) electrons. The predicted octanol–water partition coefficient (Wildman–Crippen LogP) is 3.59. The molecule has 0 amide bonds. The van der Waals surface area contributed by atoms with Gasteiger partial charge in [0.15, 0.2) is 0 Å². The maximum atomic E-state index is 8.84. The molecular weight excluding hydrogens is 254 g/mol. The van der Waals surface area contributed by atoms with Crippen LogP contribution in [-0.2, 0) is 5.41 Å². The van der Waals surface area contributed by atoms with Crippen molar-refractivity contribution >= 4 is 22.7 Å². The minimum atomic E-state index is 0.0663. The van der Waals surface area contributed by atoms with Gasteiger partial charge in [0.05, 0.1) is 11.3 Å². The standard InChI is InChI=1S/C15H17N3S/c1-15(2,14-4-3-7-19-14)10-18-12-6-5-11(9-16)13(17)8-12/h3-8,18H,10,17H2,1-2H3. The van der Waals surface area contributed by atoms with Crippen molar-refractivity contribution in [1.29, 1.82) is 5.26 Å². The summed E-state index contributed by atoms with van der Waals surface area (Å²) in [5.74, 6) is 0. The van der Waals surface area contributed by atoms with Gasteiger partial charge in [0, 0.05) is 22.5 Å². The molecule has 98 valence electrons. The Kier molecular flexibility index (Phi) is 3.77. The molecule has 0 saturated carbocycles. The average Bonchev–Trinajstić information content (AvgIpc) is 2.91. The Morgan fingerprint density at radius 3 is 2.74 bits per heavy atom. The van der Waals surface area contributed by atoms with E-state index in [4.69, 9.17) is 11.0 Å². The molecule has 1 heterocycles. The highest BCUT2D eigenvalue weighted by molar-refractivity contribution is 7.10. The summed E-state index contributed by atoms with van der Waals surface area (Å²) in [4.78, 5) is 1.35. The SMILES string of the molecule is CC(C)(CNc1ccc(C#N)c(N)c1)c1cccs1. The number of nitrogens with one attached hydrogen (secondary N) is 1. The number of benzene rings is 1. The number of thiophene rings is 1. The van der Waals surface area contributed by atoms with Crippen LogP contribution in [0, 0.1) is 11.3 Å². The molecule has 0 aliphatic carbocycles. The maximum Gasteiger partial charge on any atom is 0.101 e. The molecule has 0 spiro atoms. The van der Waals surface area contributed by atoms with Crippen LogP contribution in [0.3, 0.4) is 0 Å². The normalized spacial score (nSPS) is 11.0. The highest BCUT2D eigenvalue weighted by Crippen LogP contribution is 2.28. The lowest BCUT2D eigenvalue weighted by atomic mass is 9.91. The van der Waals surface area contributed by atoms with Gasteiger partial charge in [-0.3, -0.25) is 0 Å². The van der Waals surface area contributed by atoms with Crippen LogP contribution in [-0.4, -0.2) is 6.54 Å². The van der Waals surface area contributed by atoms with E-state index in [2.05, 4.69) is 42.7 Å². The molecule has 0 fully saturated rings. The van der Waals surface area contributed by atoms with Crippen molar-refractivity contribution in [2.45, 2.75) is 19.3 Å². The third kappa shape index (κ3) is 3.07. The van der Waals surface area contributed by atoms with Gasteiger partial charge < -0.3 is 11.1 Å². The summed E-state index contributed by atoms with van der Waals surface area (Å²) in [5.41, 5.74) is 7.85. The lowest BCUT2D eigenvalue weighted by Crippen LogP contribution is -2.26. The van der Waals surface area contributed by atoms with Crippen LogP contribution in [0.15, 0.2) is 35.7 Å². The van der Waals surface area contributed by atoms with Crippen LogP contribution in [0.1, 0.15) is 24.3 Å². The van der Waals surface area contributed by atoms with E-state index >= 15 is 0 Å². The van der Waals surface area contributed by atoms with Crippen molar-refractivity contribution in [2.75, 3.05) is 17.6 Å². The third-order valence-electron chi connectivity index (χ3n) is 3.09. The van der Waals surface area contributed by atoms with Gasteiger partial charge in [0.1, 0.15) is 6.07 Å². The first-order chi connectivity index (χ1) is 9.03. The molecule has 0 atom stereocenters. The Morgan fingerprint density at radius 2 is 2.16 bits per heavy atom. The summed E-state index contributed by atoms with van der Waals surface area (Å²) < 4.78 is 0. The molecule has 0 saturated heterocycles. The lowest BCUT2D eigenvalue weighted by molar-refractivity contribution is 0.569. The molecule has 0 unspecified atom stereocenters. The summed E-state index contributed by atoms with van der Waals surface area (Å²) in [7, 11) is 0. The summed E-state index contributed by atoms with van der Waals surface area (Å²) in [5, 5.41) is 14.3. The minimum Gasteiger partial charge on any atom is -0.398 e. The van der Waals surface area contributed by atoms with E-state index in [1.165, 1.54) is 4.88 Å². The number of anilines is 2. The monoisotopic (exact) mass is 271 g/mol. The molecule has 0 aliphatic rings. The van der Waals surface area contributed by atoms with Gasteiger partial charge in [-0.05, 0) is 29.6 Å². The third-order valence-corrected chi connectivity index (χ3v) is 4.33. The highest BCUT2D eigenvalue weighted by atomic mass is 32.1. The van der Waals surface area contributed by atoms with Gasteiger partial charge in [-0.2, -0.15) is 5.26 Å². The van der Waals surface area contributed by atoms with E-state index in [1.807, 2.05) is 12.1 Å². The zero-order valence-electron chi connectivity index (χ0n) is 11.1. The second kappa shape index (κ2) is 5.33. The second-order valence-electron chi connectivity index (χ2n) is 5.13. The van der Waals surface area contributed by atoms with Gasteiger partial charge in [0.25, 0.3) is 0 Å². The number of rotatable bonds is 4. The van der Waals surface area contributed by atoms with Crippen molar-refractivity contribution in [2.24, 2.45) is 0 Å². The fraction of sp³-hybridized carbons (Fsp3) is 0.267. The van der Waals surface area contributed by atoms with Crippen LogP contribution < -0.4 is 11.1 Å². The number of nitrogens with two attached hydrogens (primary N) is 1. The first kappa shape index (κ1) is 13.4. The molecule has 3 N–H and O–H groups in total. The quantitative estimate of drug-likeness (QED) is 0.835. The van der Waals surface area contributed by atoms with E-state index in [0.717, 1.165) is 12.2 Å². The fourth-order valence-corrected chi connectivity index (χ4v) is 2.70. The van der Waals surface area contributed by atoms with Crippen LogP contribution in [0.4, 0.5) is 11.4 Å². The van der Waals surface area contributed by atoms with E-state index in [1.54, 1.807) is 17.4 Å². The van der Waals surface area contributed by atoms with Crippen molar-refractivity contribution in [3.63, 3.8) is 0 Å². The molecule has 0 aliphatic heterocycles. The van der Waals surface area contributed by atoms with Crippen molar-refractivity contribution in [3.8, 4) is 6.07 Å². The summed E-state index contributed by atoms with van der Waals surface area (Å²) in [6, 6.07) is 11.7. The molecule has 2 rings (SSSR count). The number of hydrogen-bond acceptors (Lipinski definition) is 4. The van der Waals surface area contributed by atoms with Gasteiger partial charge in [-0.1, -0.05) is 19.9 Å². The molecule has 1 aromatic heterocycles. The first-order valence-electron chi connectivity index (χ1n) is 6.10. The fourth-order valence-electron chi connectivity index (χ4n) is 1.85. The average molecular weight is 271 g/mol. The zero-order chi connectivity index (χ0) is 13.9. The van der Waals surface area contributed by atoms with Crippen LogP contribution >= 0.6 is 11.3 Å². The first-order valence-corrected chi connectivity index (χ1v) is 6.98. The van der Waals surface area contributed by atoms with Gasteiger partial charge in [-0.15, -0.1) is 11.3 Å². The van der Waals surface area contributed by atoms with Gasteiger partial charge in [-0.25, -0.2) is 0 Å². The molecule has 3 nitrogen and oxygen atoms in total. The van der Waals surface area contributed by atoms with Gasteiger partial charge >= 0.3 is 0 Å². The van der Waals surface area contributed by atoms with Gasteiger partial charge in [0.2, 0.25) is 0 Å². The van der Waals surface area contributed by atoms with Crippen LogP contribution in [0.25, 0.3) is 0 Å². The van der Waals surface area contributed by atoms with E-state index in [0.29, 0.717) is 11.3 Å². The molecule has 1 aromatic carbocycles. The van der Waals surface area contributed by atoms with Crippen LogP contribution in [0.5, 0.6) is 0 Å². The second-order valence-corrected chi connectivity index (χ2v) is 6.08. The summed E-state index contributed by atoms with van der Waals surface area (Å²) in [6.07, 6.45) is 0. The summed E-state index contributed by atoms with van der Waals surface area (Å²) >= 11 is 1.77.